The minimum atomic E-state index is -3.86. The smallest absolute Gasteiger partial charge is 0.288 e. The molecule has 0 aliphatic carbocycles. The number of amides is 1. The summed E-state index contributed by atoms with van der Waals surface area (Å²) in [5.74, 6) is -0.638. The number of benzene rings is 3. The zero-order valence-electron chi connectivity index (χ0n) is 15.7. The summed E-state index contributed by atoms with van der Waals surface area (Å²) in [6.45, 7) is 0. The summed E-state index contributed by atoms with van der Waals surface area (Å²) in [6.07, 6.45) is 0. The minimum absolute atomic E-state index is 0.0146. The molecule has 0 bridgehead atoms. The lowest BCUT2D eigenvalue weighted by Gasteiger charge is -2.19. The van der Waals surface area contributed by atoms with Gasteiger partial charge >= 0.3 is 0 Å². The van der Waals surface area contributed by atoms with Crippen molar-refractivity contribution in [2.75, 3.05) is 16.7 Å². The Balaban J connectivity index is 1.86. The summed E-state index contributed by atoms with van der Waals surface area (Å²) in [5, 5.41) is 13.5. The van der Waals surface area contributed by atoms with Crippen molar-refractivity contribution < 1.29 is 18.1 Å². The molecule has 0 saturated carbocycles. The summed E-state index contributed by atoms with van der Waals surface area (Å²) in [6, 6.07) is 17.9. The molecule has 0 fully saturated rings. The van der Waals surface area contributed by atoms with Crippen molar-refractivity contribution in [2.45, 2.75) is 4.90 Å². The van der Waals surface area contributed by atoms with Gasteiger partial charge in [0.15, 0.2) is 0 Å². The molecule has 0 unspecified atom stereocenters. The van der Waals surface area contributed by atoms with E-state index in [0.29, 0.717) is 5.69 Å². The van der Waals surface area contributed by atoms with Gasteiger partial charge in [-0.3, -0.25) is 19.2 Å². The standard InChI is InChI=1S/C20H16ClN3O5S/c1-23(16-7-3-2-4-8-16)30(28,29)17-9-5-6-15(13-17)22-20(25)14-10-11-18(21)19(12-14)24(26)27/h2-13H,1H3,(H,22,25). The second kappa shape index (κ2) is 8.52. The first-order chi connectivity index (χ1) is 14.2. The number of sulfonamides is 1. The number of rotatable bonds is 6. The summed E-state index contributed by atoms with van der Waals surface area (Å²) in [4.78, 5) is 22.8. The van der Waals surface area contributed by atoms with Crippen molar-refractivity contribution in [3.05, 3.63) is 93.5 Å². The third kappa shape index (κ3) is 4.42. The molecule has 3 aromatic rings. The number of halogens is 1. The third-order valence-corrected chi connectivity index (χ3v) is 6.38. The predicted molar refractivity (Wildman–Crippen MR) is 115 cm³/mol. The molecule has 8 nitrogen and oxygen atoms in total. The molecule has 1 amide bonds. The fourth-order valence-corrected chi connectivity index (χ4v) is 4.09. The molecule has 0 aromatic heterocycles. The van der Waals surface area contributed by atoms with E-state index in [1.165, 1.54) is 43.4 Å². The van der Waals surface area contributed by atoms with Gasteiger partial charge in [0.1, 0.15) is 5.02 Å². The van der Waals surface area contributed by atoms with Gasteiger partial charge in [0.25, 0.3) is 21.6 Å². The lowest BCUT2D eigenvalue weighted by molar-refractivity contribution is -0.384. The quantitative estimate of drug-likeness (QED) is 0.448. The van der Waals surface area contributed by atoms with Crippen LogP contribution in [0.3, 0.4) is 0 Å². The van der Waals surface area contributed by atoms with Crippen LogP contribution in [0, 0.1) is 10.1 Å². The van der Waals surface area contributed by atoms with E-state index < -0.39 is 26.5 Å². The number of para-hydroxylation sites is 1. The molecular weight excluding hydrogens is 430 g/mol. The maximum atomic E-state index is 12.9. The number of carbonyl (C=O) groups excluding carboxylic acids is 1. The SMILES string of the molecule is CN(c1ccccc1)S(=O)(=O)c1cccc(NC(=O)c2ccc(Cl)c([N+](=O)[O-])c2)c1. The molecule has 1 N–H and O–H groups in total. The van der Waals surface area contributed by atoms with Gasteiger partial charge in [0.05, 0.1) is 15.5 Å². The first-order valence-electron chi connectivity index (χ1n) is 8.59. The van der Waals surface area contributed by atoms with E-state index in [1.54, 1.807) is 30.3 Å². The Bertz CT molecular complexity index is 1220. The van der Waals surface area contributed by atoms with Crippen LogP contribution in [-0.4, -0.2) is 26.3 Å². The average molecular weight is 446 g/mol. The van der Waals surface area contributed by atoms with Gasteiger partial charge in [0, 0.05) is 24.4 Å². The molecule has 10 heteroatoms. The summed E-state index contributed by atoms with van der Waals surface area (Å²) in [7, 11) is -2.43. The Morgan fingerprint density at radius 2 is 1.73 bits per heavy atom. The Morgan fingerprint density at radius 3 is 2.40 bits per heavy atom. The van der Waals surface area contributed by atoms with Gasteiger partial charge in [-0.1, -0.05) is 35.9 Å². The highest BCUT2D eigenvalue weighted by atomic mass is 35.5. The van der Waals surface area contributed by atoms with Crippen LogP contribution >= 0.6 is 11.6 Å². The highest BCUT2D eigenvalue weighted by molar-refractivity contribution is 7.92. The highest BCUT2D eigenvalue weighted by Gasteiger charge is 2.22. The highest BCUT2D eigenvalue weighted by Crippen LogP contribution is 2.26. The van der Waals surface area contributed by atoms with Crippen molar-refractivity contribution >= 4 is 44.6 Å². The van der Waals surface area contributed by atoms with Gasteiger partial charge < -0.3 is 5.32 Å². The van der Waals surface area contributed by atoms with Crippen molar-refractivity contribution in [1.82, 2.24) is 0 Å². The summed E-state index contributed by atoms with van der Waals surface area (Å²) < 4.78 is 27.0. The van der Waals surface area contributed by atoms with Crippen LogP contribution in [0.15, 0.2) is 77.7 Å². The Labute approximate surface area is 177 Å². The van der Waals surface area contributed by atoms with E-state index in [4.69, 9.17) is 11.6 Å². The molecule has 154 valence electrons. The van der Waals surface area contributed by atoms with Gasteiger partial charge in [-0.15, -0.1) is 0 Å². The topological polar surface area (TPSA) is 110 Å². The van der Waals surface area contributed by atoms with Gasteiger partial charge in [-0.25, -0.2) is 8.42 Å². The van der Waals surface area contributed by atoms with Crippen LogP contribution in [0.4, 0.5) is 17.1 Å². The van der Waals surface area contributed by atoms with E-state index in [0.717, 1.165) is 10.4 Å². The maximum Gasteiger partial charge on any atom is 0.288 e. The minimum Gasteiger partial charge on any atom is -0.322 e. The molecule has 0 radical (unpaired) electrons. The van der Waals surface area contributed by atoms with Crippen molar-refractivity contribution in [1.29, 1.82) is 0 Å². The largest absolute Gasteiger partial charge is 0.322 e. The number of hydrogen-bond acceptors (Lipinski definition) is 5. The van der Waals surface area contributed by atoms with Crippen molar-refractivity contribution in [3.8, 4) is 0 Å². The Kier molecular flexibility index (Phi) is 6.04. The number of nitrogens with one attached hydrogen (secondary N) is 1. The molecule has 0 spiro atoms. The Morgan fingerprint density at radius 1 is 1.03 bits per heavy atom. The molecule has 3 rings (SSSR count). The first-order valence-corrected chi connectivity index (χ1v) is 10.4. The van der Waals surface area contributed by atoms with Crippen molar-refractivity contribution in [2.24, 2.45) is 0 Å². The zero-order valence-corrected chi connectivity index (χ0v) is 17.2. The lowest BCUT2D eigenvalue weighted by Crippen LogP contribution is -2.26. The van der Waals surface area contributed by atoms with E-state index >= 15 is 0 Å². The molecular formula is C20H16ClN3O5S. The molecule has 0 atom stereocenters. The fraction of sp³-hybridized carbons (Fsp3) is 0.0500. The maximum absolute atomic E-state index is 12.9. The number of nitro benzene ring substituents is 1. The molecule has 0 aliphatic heterocycles. The second-order valence-corrected chi connectivity index (χ2v) is 8.59. The molecule has 0 saturated heterocycles. The molecule has 0 heterocycles. The van der Waals surface area contributed by atoms with Crippen LogP contribution in [-0.2, 0) is 10.0 Å². The van der Waals surface area contributed by atoms with Crippen LogP contribution < -0.4 is 9.62 Å². The Hall–Kier alpha value is -3.43. The van der Waals surface area contributed by atoms with E-state index in [-0.39, 0.29) is 21.2 Å². The summed E-state index contributed by atoms with van der Waals surface area (Å²) in [5.41, 5.74) is 0.325. The number of anilines is 2. The van der Waals surface area contributed by atoms with E-state index in [2.05, 4.69) is 5.32 Å². The average Bonchev–Trinajstić information content (AvgIpc) is 2.74. The van der Waals surface area contributed by atoms with Crippen LogP contribution in [0.2, 0.25) is 5.02 Å². The van der Waals surface area contributed by atoms with E-state index in [1.807, 2.05) is 0 Å². The summed E-state index contributed by atoms with van der Waals surface area (Å²) >= 11 is 5.76. The van der Waals surface area contributed by atoms with E-state index in [9.17, 15) is 23.3 Å². The number of hydrogen-bond donors (Lipinski definition) is 1. The molecule has 30 heavy (non-hydrogen) atoms. The van der Waals surface area contributed by atoms with Crippen LogP contribution in [0.25, 0.3) is 0 Å². The lowest BCUT2D eigenvalue weighted by atomic mass is 10.2. The van der Waals surface area contributed by atoms with Crippen LogP contribution in [0.1, 0.15) is 10.4 Å². The fourth-order valence-electron chi connectivity index (χ4n) is 2.67. The second-order valence-electron chi connectivity index (χ2n) is 6.21. The molecule has 0 aliphatic rings. The number of carbonyl (C=O) groups is 1. The first kappa shape index (κ1) is 21.3. The van der Waals surface area contributed by atoms with Gasteiger partial charge in [-0.2, -0.15) is 0 Å². The number of nitro groups is 1. The van der Waals surface area contributed by atoms with Crippen LogP contribution in [0.5, 0.6) is 0 Å². The third-order valence-electron chi connectivity index (χ3n) is 4.28. The van der Waals surface area contributed by atoms with Crippen molar-refractivity contribution in [3.63, 3.8) is 0 Å². The monoisotopic (exact) mass is 445 g/mol. The van der Waals surface area contributed by atoms with Gasteiger partial charge in [0.2, 0.25) is 0 Å². The molecule has 3 aromatic carbocycles. The predicted octanol–water partition coefficient (Wildman–Crippen LogP) is 4.33. The zero-order chi connectivity index (χ0) is 21.9. The van der Waals surface area contributed by atoms with Gasteiger partial charge in [-0.05, 0) is 42.5 Å². The number of nitrogens with zero attached hydrogens (tertiary/aromatic N) is 2. The normalized spacial score (nSPS) is 11.0.